The van der Waals surface area contributed by atoms with Crippen LogP contribution >= 0.6 is 0 Å². The van der Waals surface area contributed by atoms with Crippen molar-refractivity contribution in [2.45, 2.75) is 45.8 Å². The van der Waals surface area contributed by atoms with Gasteiger partial charge in [-0.2, -0.15) is 18.2 Å². The van der Waals surface area contributed by atoms with Gasteiger partial charge >= 0.3 is 0 Å². The molecule has 0 spiro atoms. The van der Waals surface area contributed by atoms with Gasteiger partial charge in [0, 0.05) is 55.1 Å². The standard InChI is InChI=1S/C49H40N4O2Si.Pt/c1-49(2,3)32-26-27-50-46(28-32)53-39-18-9-7-16-36(39)37-23-22-35(30-42(37)53)54-34-15-13-14-33(29-34)51-31-52(41-20-11-10-19-40(41)51)48-45(56(4,5)6)25-24-44-47(48)38-17-8-12-21-43(38)55-44;/h7-28H,1-6H3;/q-2;. The van der Waals surface area contributed by atoms with Crippen LogP contribution in [0.3, 0.4) is 0 Å². The Labute approximate surface area is 347 Å². The van der Waals surface area contributed by atoms with Gasteiger partial charge in [0.25, 0.3) is 6.33 Å². The monoisotopic (exact) mass is 939 g/mol. The average molecular weight is 940 g/mol. The molecule has 0 aliphatic carbocycles. The Kier molecular flexibility index (Phi) is 8.87. The first kappa shape index (κ1) is 36.9. The molecule has 0 atom stereocenters. The van der Waals surface area contributed by atoms with E-state index in [9.17, 15) is 0 Å². The van der Waals surface area contributed by atoms with Crippen LogP contribution in [0.15, 0.2) is 138 Å². The van der Waals surface area contributed by atoms with Crippen molar-refractivity contribution in [2.24, 2.45) is 0 Å². The van der Waals surface area contributed by atoms with Crippen LogP contribution in [0.2, 0.25) is 19.6 Å². The average Bonchev–Trinajstić information content (AvgIpc) is 3.87. The summed E-state index contributed by atoms with van der Waals surface area (Å²) >= 11 is 0. The van der Waals surface area contributed by atoms with Crippen LogP contribution in [0.5, 0.6) is 11.5 Å². The molecule has 4 aromatic heterocycles. The van der Waals surface area contributed by atoms with Crippen molar-refractivity contribution in [3.8, 4) is 28.7 Å². The van der Waals surface area contributed by atoms with E-state index in [0.29, 0.717) is 11.5 Å². The molecule has 0 unspecified atom stereocenters. The number of ether oxygens (including phenoxy) is 1. The molecule has 0 aliphatic heterocycles. The largest absolute Gasteiger partial charge is 0.510 e. The third-order valence-corrected chi connectivity index (χ3v) is 12.7. The molecule has 10 rings (SSSR count). The third kappa shape index (κ3) is 6.21. The van der Waals surface area contributed by atoms with Crippen LogP contribution in [-0.2, 0) is 26.5 Å². The van der Waals surface area contributed by atoms with E-state index in [2.05, 4.69) is 164 Å². The molecule has 6 nitrogen and oxygen atoms in total. The Bertz CT molecular complexity index is 3160. The summed E-state index contributed by atoms with van der Waals surface area (Å²) in [7, 11) is -1.85. The van der Waals surface area contributed by atoms with E-state index in [1.807, 2.05) is 42.6 Å². The maximum absolute atomic E-state index is 6.59. The quantitative estimate of drug-likeness (QED) is 0.0948. The molecule has 57 heavy (non-hydrogen) atoms. The molecule has 0 saturated carbocycles. The minimum atomic E-state index is -1.85. The summed E-state index contributed by atoms with van der Waals surface area (Å²) in [5, 5.41) is 5.77. The van der Waals surface area contributed by atoms with Crippen molar-refractivity contribution in [2.75, 3.05) is 0 Å². The zero-order valence-electron chi connectivity index (χ0n) is 32.6. The Morgan fingerprint density at radius 2 is 1.44 bits per heavy atom. The normalized spacial score (nSPS) is 12.2. The van der Waals surface area contributed by atoms with Crippen LogP contribution in [0.4, 0.5) is 0 Å². The molecule has 0 saturated heterocycles. The number of para-hydroxylation sites is 4. The molecule has 0 aliphatic rings. The van der Waals surface area contributed by atoms with Gasteiger partial charge in [-0.05, 0) is 57.6 Å². The number of nitrogens with zero attached hydrogens (tertiary/aromatic N) is 4. The van der Waals surface area contributed by atoms with Gasteiger partial charge in [0.2, 0.25) is 0 Å². The molecule has 10 aromatic rings. The molecule has 0 N–H and O–H groups in total. The van der Waals surface area contributed by atoms with Crippen LogP contribution in [0.25, 0.3) is 72.0 Å². The molecule has 0 bridgehead atoms. The fourth-order valence-electron chi connectivity index (χ4n) is 7.96. The van der Waals surface area contributed by atoms with E-state index in [1.165, 1.54) is 10.8 Å². The number of pyridine rings is 1. The molecule has 284 valence electrons. The molecular formula is C49H40N4O2PtSi-2. The SMILES string of the molecule is CC(C)(C)c1ccnc(-n2c3[c-]c(Oc4[c-]c(-n5[c-][n+](-c6c([Si](C)(C)C)ccc7oc8ccccc8c67)c6ccccc65)ccc4)ccc3c3ccccc32)c1.[Pt]. The maximum atomic E-state index is 6.59. The van der Waals surface area contributed by atoms with E-state index in [-0.39, 0.29) is 26.5 Å². The van der Waals surface area contributed by atoms with Gasteiger partial charge in [0.05, 0.1) is 24.8 Å². The van der Waals surface area contributed by atoms with Gasteiger partial charge in [-0.15, -0.1) is 29.7 Å². The summed E-state index contributed by atoms with van der Waals surface area (Å²) in [6.45, 7) is 13.8. The van der Waals surface area contributed by atoms with Crippen molar-refractivity contribution in [1.29, 1.82) is 0 Å². The van der Waals surface area contributed by atoms with E-state index < -0.39 is 8.07 Å². The van der Waals surface area contributed by atoms with Crippen LogP contribution in [0.1, 0.15) is 26.3 Å². The number of imidazole rings is 1. The maximum Gasteiger partial charge on any atom is 0.268 e. The van der Waals surface area contributed by atoms with E-state index in [4.69, 9.17) is 14.1 Å². The molecule has 0 amide bonds. The zero-order chi connectivity index (χ0) is 38.3. The van der Waals surface area contributed by atoms with E-state index in [0.717, 1.165) is 72.0 Å². The van der Waals surface area contributed by atoms with Gasteiger partial charge in [-0.3, -0.25) is 4.57 Å². The van der Waals surface area contributed by atoms with Gasteiger partial charge in [-0.25, -0.2) is 4.98 Å². The van der Waals surface area contributed by atoms with Gasteiger partial charge in [-0.1, -0.05) is 113 Å². The molecule has 4 heterocycles. The van der Waals surface area contributed by atoms with Gasteiger partial charge in [0.1, 0.15) is 17.0 Å². The van der Waals surface area contributed by atoms with Crippen LogP contribution in [-0.4, -0.2) is 22.2 Å². The molecule has 0 radical (unpaired) electrons. The summed E-state index contributed by atoms with van der Waals surface area (Å²) in [5.41, 5.74) is 8.91. The summed E-state index contributed by atoms with van der Waals surface area (Å²) < 4.78 is 19.5. The minimum absolute atomic E-state index is 0. The second-order valence-electron chi connectivity index (χ2n) is 16.5. The van der Waals surface area contributed by atoms with Crippen LogP contribution in [0, 0.1) is 18.5 Å². The predicted molar refractivity (Wildman–Crippen MR) is 229 cm³/mol. The first-order valence-electron chi connectivity index (χ1n) is 19.1. The molecule has 6 aromatic carbocycles. The van der Waals surface area contributed by atoms with E-state index >= 15 is 0 Å². The van der Waals surface area contributed by atoms with Crippen molar-refractivity contribution in [1.82, 2.24) is 14.1 Å². The van der Waals surface area contributed by atoms with Crippen molar-refractivity contribution in [3.05, 3.63) is 158 Å². The van der Waals surface area contributed by atoms with Crippen molar-refractivity contribution >= 4 is 68.0 Å². The second kappa shape index (κ2) is 13.7. The number of hydrogen-bond donors (Lipinski definition) is 0. The third-order valence-electron chi connectivity index (χ3n) is 10.7. The van der Waals surface area contributed by atoms with Crippen molar-refractivity contribution in [3.63, 3.8) is 0 Å². The fraction of sp³-hybridized carbons (Fsp3) is 0.143. The Balaban J connectivity index is 0.00000422. The van der Waals surface area contributed by atoms with E-state index in [1.54, 1.807) is 0 Å². The number of rotatable bonds is 6. The Morgan fingerprint density at radius 1 is 0.702 bits per heavy atom. The summed E-state index contributed by atoms with van der Waals surface area (Å²) in [6, 6.07) is 51.1. The topological polar surface area (TPSA) is 49.0 Å². The van der Waals surface area contributed by atoms with Crippen molar-refractivity contribution < 1.29 is 34.8 Å². The Morgan fingerprint density at radius 3 is 2.25 bits per heavy atom. The number of aromatic nitrogens is 4. The molecular weight excluding hydrogens is 900 g/mol. The minimum Gasteiger partial charge on any atom is -0.510 e. The fourth-order valence-corrected chi connectivity index (χ4v) is 9.49. The molecule has 0 fully saturated rings. The number of furan rings is 1. The van der Waals surface area contributed by atoms with Gasteiger partial charge in [0.15, 0.2) is 0 Å². The van der Waals surface area contributed by atoms with Gasteiger partial charge < -0.3 is 18.3 Å². The number of hydrogen-bond acceptors (Lipinski definition) is 3. The zero-order valence-corrected chi connectivity index (χ0v) is 35.9. The predicted octanol–water partition coefficient (Wildman–Crippen LogP) is 11.3. The summed E-state index contributed by atoms with van der Waals surface area (Å²) in [4.78, 5) is 4.84. The number of fused-ring (bicyclic) bond motifs is 7. The van der Waals surface area contributed by atoms with Crippen LogP contribution < -0.4 is 14.5 Å². The first-order valence-corrected chi connectivity index (χ1v) is 22.6. The summed E-state index contributed by atoms with van der Waals surface area (Å²) in [5.74, 6) is 2.03. The Hall–Kier alpha value is -5.75. The second-order valence-corrected chi connectivity index (χ2v) is 21.6. The first-order chi connectivity index (χ1) is 27.0. The molecule has 8 heteroatoms. The smallest absolute Gasteiger partial charge is 0.268 e. The number of benzene rings is 6. The summed E-state index contributed by atoms with van der Waals surface area (Å²) in [6.07, 6.45) is 5.66.